The van der Waals surface area contributed by atoms with E-state index in [0.717, 1.165) is 13.1 Å². The van der Waals surface area contributed by atoms with Gasteiger partial charge in [-0.05, 0) is 44.5 Å². The predicted octanol–water partition coefficient (Wildman–Crippen LogP) is 2.22. The zero-order chi connectivity index (χ0) is 13.8. The minimum Gasteiger partial charge on any atom is -0.399 e. The van der Waals surface area contributed by atoms with Crippen molar-refractivity contribution in [1.82, 2.24) is 4.90 Å². The number of halogens is 1. The van der Waals surface area contributed by atoms with Crippen molar-refractivity contribution in [1.29, 1.82) is 0 Å². The summed E-state index contributed by atoms with van der Waals surface area (Å²) in [5, 5.41) is 2.57. The van der Waals surface area contributed by atoms with Gasteiger partial charge >= 0.3 is 0 Å². The molecule has 1 aromatic rings. The molecule has 2 rings (SSSR count). The lowest BCUT2D eigenvalue weighted by atomic mass is 10.2. The molecule has 1 aliphatic heterocycles. The van der Waals surface area contributed by atoms with Crippen LogP contribution >= 0.6 is 0 Å². The van der Waals surface area contributed by atoms with E-state index in [1.54, 1.807) is 0 Å². The number of hydrogen-bond donors (Lipinski definition) is 2. The predicted molar refractivity (Wildman–Crippen MR) is 74.3 cm³/mol. The number of rotatable bonds is 4. The summed E-state index contributed by atoms with van der Waals surface area (Å²) in [5.41, 5.74) is 6.16. The van der Waals surface area contributed by atoms with E-state index < -0.39 is 5.82 Å². The van der Waals surface area contributed by atoms with Gasteiger partial charge in [0.15, 0.2) is 0 Å². The van der Waals surface area contributed by atoms with E-state index in [9.17, 15) is 9.18 Å². The molecule has 0 radical (unpaired) electrons. The van der Waals surface area contributed by atoms with Gasteiger partial charge in [0.2, 0.25) is 5.91 Å². The van der Waals surface area contributed by atoms with E-state index in [2.05, 4.69) is 17.1 Å². The highest BCUT2D eigenvalue weighted by Crippen LogP contribution is 2.19. The monoisotopic (exact) mass is 265 g/mol. The molecule has 1 aromatic carbocycles. The van der Waals surface area contributed by atoms with Crippen LogP contribution in [0.3, 0.4) is 0 Å². The third-order valence-corrected chi connectivity index (χ3v) is 3.58. The Hall–Kier alpha value is -1.62. The van der Waals surface area contributed by atoms with Gasteiger partial charge < -0.3 is 16.0 Å². The maximum Gasteiger partial charge on any atom is 0.225 e. The number of likely N-dealkylation sites (tertiary alicyclic amines) is 1. The number of nitrogen functional groups attached to an aromatic ring is 1. The van der Waals surface area contributed by atoms with Crippen molar-refractivity contribution in [3.8, 4) is 0 Å². The van der Waals surface area contributed by atoms with Gasteiger partial charge in [-0.2, -0.15) is 0 Å². The maximum absolute atomic E-state index is 13.5. The number of anilines is 2. The molecule has 3 N–H and O–H groups in total. The summed E-state index contributed by atoms with van der Waals surface area (Å²) in [6.07, 6.45) is 2.75. The Morgan fingerprint density at radius 1 is 1.58 bits per heavy atom. The number of carbonyl (C=O) groups is 1. The Kier molecular flexibility index (Phi) is 4.37. The first-order valence-electron chi connectivity index (χ1n) is 6.65. The van der Waals surface area contributed by atoms with Crippen molar-refractivity contribution in [3.63, 3.8) is 0 Å². The molecular weight excluding hydrogens is 245 g/mol. The molecule has 1 unspecified atom stereocenters. The lowest BCUT2D eigenvalue weighted by Crippen LogP contribution is -2.30. The maximum atomic E-state index is 13.5. The van der Waals surface area contributed by atoms with Gasteiger partial charge in [0.1, 0.15) is 5.82 Å². The van der Waals surface area contributed by atoms with Gasteiger partial charge in [-0.15, -0.1) is 0 Å². The van der Waals surface area contributed by atoms with Gasteiger partial charge in [-0.3, -0.25) is 4.79 Å². The SMILES string of the molecule is CC1CCCN1CCC(=O)Nc1cc(N)ccc1F. The largest absolute Gasteiger partial charge is 0.399 e. The molecule has 4 nitrogen and oxygen atoms in total. The molecule has 0 spiro atoms. The summed E-state index contributed by atoms with van der Waals surface area (Å²) in [6.45, 7) is 3.93. The van der Waals surface area contributed by atoms with Gasteiger partial charge in [0, 0.05) is 24.7 Å². The molecule has 104 valence electrons. The summed E-state index contributed by atoms with van der Waals surface area (Å²) >= 11 is 0. The van der Waals surface area contributed by atoms with Crippen LogP contribution in [0.15, 0.2) is 18.2 Å². The lowest BCUT2D eigenvalue weighted by Gasteiger charge is -2.20. The fourth-order valence-corrected chi connectivity index (χ4v) is 2.42. The van der Waals surface area contributed by atoms with E-state index in [-0.39, 0.29) is 11.6 Å². The first kappa shape index (κ1) is 13.8. The van der Waals surface area contributed by atoms with Crippen molar-refractivity contribution in [2.75, 3.05) is 24.1 Å². The average molecular weight is 265 g/mol. The van der Waals surface area contributed by atoms with Gasteiger partial charge in [0.05, 0.1) is 5.69 Å². The van der Waals surface area contributed by atoms with Crippen LogP contribution in [0.1, 0.15) is 26.2 Å². The molecule has 1 heterocycles. The second-order valence-electron chi connectivity index (χ2n) is 5.06. The van der Waals surface area contributed by atoms with Crippen LogP contribution < -0.4 is 11.1 Å². The van der Waals surface area contributed by atoms with Crippen LogP contribution in [0.4, 0.5) is 15.8 Å². The second kappa shape index (κ2) is 6.02. The lowest BCUT2D eigenvalue weighted by molar-refractivity contribution is -0.116. The third kappa shape index (κ3) is 3.67. The Morgan fingerprint density at radius 3 is 3.05 bits per heavy atom. The van der Waals surface area contributed by atoms with Crippen LogP contribution in [-0.4, -0.2) is 29.9 Å². The fraction of sp³-hybridized carbons (Fsp3) is 0.500. The van der Waals surface area contributed by atoms with E-state index >= 15 is 0 Å². The van der Waals surface area contributed by atoms with Crippen molar-refractivity contribution in [2.45, 2.75) is 32.2 Å². The first-order valence-corrected chi connectivity index (χ1v) is 6.65. The molecule has 1 atom stereocenters. The molecule has 1 amide bonds. The molecular formula is C14H20FN3O. The topological polar surface area (TPSA) is 58.4 Å². The standard InChI is InChI=1S/C14H20FN3O/c1-10-3-2-7-18(10)8-6-14(19)17-13-9-11(16)4-5-12(13)15/h4-5,9-10H,2-3,6-8,16H2,1H3,(H,17,19). The molecule has 1 aliphatic rings. The van der Waals surface area contributed by atoms with Crippen molar-refractivity contribution in [3.05, 3.63) is 24.0 Å². The number of carbonyl (C=O) groups excluding carboxylic acids is 1. The number of benzene rings is 1. The second-order valence-corrected chi connectivity index (χ2v) is 5.06. The molecule has 1 saturated heterocycles. The molecule has 5 heteroatoms. The van der Waals surface area contributed by atoms with Crippen molar-refractivity contribution < 1.29 is 9.18 Å². The van der Waals surface area contributed by atoms with E-state index in [0.29, 0.717) is 18.2 Å². The zero-order valence-electron chi connectivity index (χ0n) is 11.2. The Balaban J connectivity index is 1.85. The summed E-state index contributed by atoms with van der Waals surface area (Å²) in [7, 11) is 0. The minimum absolute atomic E-state index is 0.152. The number of nitrogens with two attached hydrogens (primary N) is 1. The Morgan fingerprint density at radius 2 is 2.37 bits per heavy atom. The van der Waals surface area contributed by atoms with Gasteiger partial charge in [-0.1, -0.05) is 0 Å². The smallest absolute Gasteiger partial charge is 0.225 e. The summed E-state index contributed by atoms with van der Waals surface area (Å²) in [4.78, 5) is 14.1. The minimum atomic E-state index is -0.461. The highest BCUT2D eigenvalue weighted by molar-refractivity contribution is 5.91. The summed E-state index contributed by atoms with van der Waals surface area (Å²) < 4.78 is 13.5. The molecule has 19 heavy (non-hydrogen) atoms. The average Bonchev–Trinajstić information content (AvgIpc) is 2.77. The van der Waals surface area contributed by atoms with E-state index in [1.807, 2.05) is 0 Å². The quantitative estimate of drug-likeness (QED) is 0.821. The summed E-state index contributed by atoms with van der Waals surface area (Å²) in [5.74, 6) is -0.638. The number of nitrogens with zero attached hydrogens (tertiary/aromatic N) is 1. The zero-order valence-corrected chi connectivity index (χ0v) is 11.2. The van der Waals surface area contributed by atoms with Crippen molar-refractivity contribution >= 4 is 17.3 Å². The van der Waals surface area contributed by atoms with Crippen LogP contribution in [0.25, 0.3) is 0 Å². The van der Waals surface area contributed by atoms with E-state index in [4.69, 9.17) is 5.73 Å². The van der Waals surface area contributed by atoms with Crippen LogP contribution in [0.5, 0.6) is 0 Å². The Bertz CT molecular complexity index is 464. The van der Waals surface area contributed by atoms with Crippen LogP contribution in [0, 0.1) is 5.82 Å². The highest BCUT2D eigenvalue weighted by Gasteiger charge is 2.20. The van der Waals surface area contributed by atoms with Crippen LogP contribution in [-0.2, 0) is 4.79 Å². The molecule has 0 aliphatic carbocycles. The first-order chi connectivity index (χ1) is 9.06. The normalized spacial score (nSPS) is 19.6. The molecule has 0 aromatic heterocycles. The Labute approximate surface area is 112 Å². The fourth-order valence-electron chi connectivity index (χ4n) is 2.42. The van der Waals surface area contributed by atoms with Gasteiger partial charge in [-0.25, -0.2) is 4.39 Å². The molecule has 0 saturated carbocycles. The number of hydrogen-bond acceptors (Lipinski definition) is 3. The molecule has 0 bridgehead atoms. The third-order valence-electron chi connectivity index (χ3n) is 3.58. The van der Waals surface area contributed by atoms with Crippen molar-refractivity contribution in [2.24, 2.45) is 0 Å². The molecule has 1 fully saturated rings. The van der Waals surface area contributed by atoms with E-state index in [1.165, 1.54) is 31.0 Å². The van der Waals surface area contributed by atoms with Crippen LogP contribution in [0.2, 0.25) is 0 Å². The highest BCUT2D eigenvalue weighted by atomic mass is 19.1. The number of amides is 1. The summed E-state index contributed by atoms with van der Waals surface area (Å²) in [6, 6.07) is 4.70. The number of nitrogens with one attached hydrogen (secondary N) is 1. The van der Waals surface area contributed by atoms with Gasteiger partial charge in [0.25, 0.3) is 0 Å².